The fourth-order valence-electron chi connectivity index (χ4n) is 2.58. The molecule has 1 fully saturated rings. The number of hydrogen-bond acceptors (Lipinski definition) is 6. The molecule has 0 bridgehead atoms. The number of aromatic nitrogens is 4. The molecule has 7 heteroatoms. The van der Waals surface area contributed by atoms with Gasteiger partial charge in [-0.25, -0.2) is 4.98 Å². The molecule has 118 valence electrons. The largest absolute Gasteiger partial charge is 0.379 e. The number of ether oxygens (including phenoxy) is 1. The summed E-state index contributed by atoms with van der Waals surface area (Å²) >= 11 is 0. The smallest absolute Gasteiger partial charge is 0.241 e. The fourth-order valence-corrected chi connectivity index (χ4v) is 2.58. The van der Waals surface area contributed by atoms with Crippen LogP contribution in [-0.2, 0) is 11.3 Å². The lowest BCUT2D eigenvalue weighted by molar-refractivity contribution is 0.0297. The van der Waals surface area contributed by atoms with Crippen molar-refractivity contribution >= 4 is 0 Å². The lowest BCUT2D eigenvalue weighted by Gasteiger charge is -2.24. The summed E-state index contributed by atoms with van der Waals surface area (Å²) in [5, 5.41) is 4.08. The first-order valence-electron chi connectivity index (χ1n) is 7.60. The molecule has 0 N–H and O–H groups in total. The van der Waals surface area contributed by atoms with E-state index in [1.165, 1.54) is 0 Å². The summed E-state index contributed by atoms with van der Waals surface area (Å²) in [5.74, 6) is 1.26. The second kappa shape index (κ2) is 6.31. The Morgan fingerprint density at radius 1 is 1.09 bits per heavy atom. The van der Waals surface area contributed by atoms with Gasteiger partial charge >= 0.3 is 0 Å². The maximum absolute atomic E-state index is 5.37. The first-order chi connectivity index (χ1) is 11.4. The van der Waals surface area contributed by atoms with E-state index in [2.05, 4.69) is 20.0 Å². The van der Waals surface area contributed by atoms with Crippen molar-refractivity contribution in [2.24, 2.45) is 0 Å². The molecule has 0 unspecified atom stereocenters. The molecule has 1 aliphatic rings. The predicted molar refractivity (Wildman–Crippen MR) is 83.0 cm³/mol. The van der Waals surface area contributed by atoms with Crippen molar-refractivity contribution in [2.75, 3.05) is 26.3 Å². The van der Waals surface area contributed by atoms with Gasteiger partial charge in [0.15, 0.2) is 0 Å². The van der Waals surface area contributed by atoms with Crippen LogP contribution in [0, 0.1) is 0 Å². The summed E-state index contributed by atoms with van der Waals surface area (Å²) in [6, 6.07) is 7.99. The number of nitrogens with zero attached hydrogens (tertiary/aromatic N) is 5. The maximum Gasteiger partial charge on any atom is 0.241 e. The predicted octanol–water partition coefficient (Wildman–Crippen LogP) is 1.75. The SMILES string of the molecule is c1cn(-c2ccc(-c3noc(CN4CCOCC4)n3)cc2)cn1. The Balaban J connectivity index is 1.47. The number of imidazole rings is 1. The van der Waals surface area contributed by atoms with E-state index < -0.39 is 0 Å². The number of benzene rings is 1. The zero-order valence-electron chi connectivity index (χ0n) is 12.6. The van der Waals surface area contributed by atoms with Gasteiger partial charge in [0.2, 0.25) is 11.7 Å². The summed E-state index contributed by atoms with van der Waals surface area (Å²) in [7, 11) is 0. The van der Waals surface area contributed by atoms with Gasteiger partial charge in [0.05, 0.1) is 26.1 Å². The van der Waals surface area contributed by atoms with Crippen LogP contribution in [-0.4, -0.2) is 50.9 Å². The molecule has 1 aliphatic heterocycles. The molecule has 0 saturated carbocycles. The molecule has 4 rings (SSSR count). The van der Waals surface area contributed by atoms with Gasteiger partial charge < -0.3 is 13.8 Å². The third-order valence-electron chi connectivity index (χ3n) is 3.86. The molecule has 7 nitrogen and oxygen atoms in total. The van der Waals surface area contributed by atoms with E-state index in [-0.39, 0.29) is 0 Å². The van der Waals surface area contributed by atoms with Crippen molar-refractivity contribution in [3.8, 4) is 17.1 Å². The average Bonchev–Trinajstić information content (AvgIpc) is 3.28. The molecule has 1 aromatic carbocycles. The molecule has 0 radical (unpaired) electrons. The van der Waals surface area contributed by atoms with E-state index in [9.17, 15) is 0 Å². The van der Waals surface area contributed by atoms with Gasteiger partial charge in [-0.2, -0.15) is 4.98 Å². The van der Waals surface area contributed by atoms with Gasteiger partial charge in [0, 0.05) is 36.7 Å². The third kappa shape index (κ3) is 3.15. The second-order valence-electron chi connectivity index (χ2n) is 5.42. The minimum atomic E-state index is 0.616. The van der Waals surface area contributed by atoms with Crippen LogP contribution in [0.2, 0.25) is 0 Å². The van der Waals surface area contributed by atoms with Crippen molar-refractivity contribution in [2.45, 2.75) is 6.54 Å². The van der Waals surface area contributed by atoms with Gasteiger partial charge in [-0.15, -0.1) is 0 Å². The molecule has 0 atom stereocenters. The first-order valence-corrected chi connectivity index (χ1v) is 7.60. The third-order valence-corrected chi connectivity index (χ3v) is 3.86. The van der Waals surface area contributed by atoms with E-state index in [1.807, 2.05) is 35.0 Å². The quantitative estimate of drug-likeness (QED) is 0.731. The molecule has 2 aromatic heterocycles. The zero-order chi connectivity index (χ0) is 15.5. The Morgan fingerprint density at radius 2 is 1.91 bits per heavy atom. The van der Waals surface area contributed by atoms with Crippen molar-refractivity contribution in [1.82, 2.24) is 24.6 Å². The summed E-state index contributed by atoms with van der Waals surface area (Å²) in [4.78, 5) is 10.8. The normalized spacial score (nSPS) is 15.8. The van der Waals surface area contributed by atoms with Gasteiger partial charge in [0.1, 0.15) is 0 Å². The van der Waals surface area contributed by atoms with Crippen LogP contribution in [0.3, 0.4) is 0 Å². The number of hydrogen-bond donors (Lipinski definition) is 0. The van der Waals surface area contributed by atoms with Gasteiger partial charge in [0.25, 0.3) is 0 Å². The van der Waals surface area contributed by atoms with Gasteiger partial charge in [-0.1, -0.05) is 5.16 Å². The Morgan fingerprint density at radius 3 is 2.65 bits per heavy atom. The van der Waals surface area contributed by atoms with E-state index in [1.54, 1.807) is 12.5 Å². The highest BCUT2D eigenvalue weighted by Gasteiger charge is 2.15. The Hall–Kier alpha value is -2.51. The highest BCUT2D eigenvalue weighted by atomic mass is 16.5. The van der Waals surface area contributed by atoms with E-state index in [4.69, 9.17) is 9.26 Å². The minimum Gasteiger partial charge on any atom is -0.379 e. The van der Waals surface area contributed by atoms with Gasteiger partial charge in [-0.3, -0.25) is 4.90 Å². The molecule has 0 aliphatic carbocycles. The van der Waals surface area contributed by atoms with Crippen molar-refractivity contribution in [3.05, 3.63) is 48.9 Å². The van der Waals surface area contributed by atoms with Crippen molar-refractivity contribution in [3.63, 3.8) is 0 Å². The Labute approximate surface area is 133 Å². The molecule has 0 amide bonds. The van der Waals surface area contributed by atoms with Crippen LogP contribution in [0.5, 0.6) is 0 Å². The van der Waals surface area contributed by atoms with E-state index in [0.717, 1.165) is 37.6 Å². The minimum absolute atomic E-state index is 0.616. The summed E-state index contributed by atoms with van der Waals surface area (Å²) in [5.41, 5.74) is 1.98. The Bertz CT molecular complexity index is 745. The van der Waals surface area contributed by atoms with Crippen LogP contribution in [0.15, 0.2) is 47.5 Å². The summed E-state index contributed by atoms with van der Waals surface area (Å²) in [6.07, 6.45) is 5.43. The van der Waals surface area contributed by atoms with Crippen molar-refractivity contribution < 1.29 is 9.26 Å². The molecule has 0 spiro atoms. The monoisotopic (exact) mass is 311 g/mol. The molecule has 1 saturated heterocycles. The van der Waals surface area contributed by atoms with Crippen molar-refractivity contribution in [1.29, 1.82) is 0 Å². The molecule has 3 aromatic rings. The molecular weight excluding hydrogens is 294 g/mol. The summed E-state index contributed by atoms with van der Waals surface area (Å²) in [6.45, 7) is 3.99. The van der Waals surface area contributed by atoms with Crippen LogP contribution in [0.25, 0.3) is 17.1 Å². The van der Waals surface area contributed by atoms with E-state index >= 15 is 0 Å². The highest BCUT2D eigenvalue weighted by Crippen LogP contribution is 2.19. The van der Waals surface area contributed by atoms with Gasteiger partial charge in [-0.05, 0) is 24.3 Å². The lowest BCUT2D eigenvalue weighted by atomic mass is 10.2. The first kappa shape index (κ1) is 14.1. The lowest BCUT2D eigenvalue weighted by Crippen LogP contribution is -2.35. The maximum atomic E-state index is 5.37. The summed E-state index contributed by atoms with van der Waals surface area (Å²) < 4.78 is 12.7. The molecule has 3 heterocycles. The van der Waals surface area contributed by atoms with Crippen LogP contribution < -0.4 is 0 Å². The van der Waals surface area contributed by atoms with Crippen LogP contribution in [0.1, 0.15) is 5.89 Å². The molecule has 23 heavy (non-hydrogen) atoms. The van der Waals surface area contributed by atoms with E-state index in [0.29, 0.717) is 18.3 Å². The number of rotatable bonds is 4. The fraction of sp³-hybridized carbons (Fsp3) is 0.312. The number of morpholine rings is 1. The Kier molecular flexibility index (Phi) is 3.87. The van der Waals surface area contributed by atoms with Crippen LogP contribution >= 0.6 is 0 Å². The molecular formula is C16H17N5O2. The zero-order valence-corrected chi connectivity index (χ0v) is 12.6. The highest BCUT2D eigenvalue weighted by molar-refractivity contribution is 5.56. The average molecular weight is 311 g/mol. The second-order valence-corrected chi connectivity index (χ2v) is 5.42. The van der Waals surface area contributed by atoms with Crippen LogP contribution in [0.4, 0.5) is 0 Å². The topological polar surface area (TPSA) is 69.2 Å². The standard InChI is InChI=1S/C16H17N5O2/c1-3-14(21-6-5-17-12-21)4-2-13(1)16-18-15(23-19-16)11-20-7-9-22-10-8-20/h1-6,12H,7-11H2.